The van der Waals surface area contributed by atoms with Gasteiger partial charge in [0.05, 0.1) is 11.1 Å². The fourth-order valence-electron chi connectivity index (χ4n) is 11.7. The van der Waals surface area contributed by atoms with Crippen LogP contribution >= 0.6 is 0 Å². The third kappa shape index (κ3) is 7.77. The zero-order chi connectivity index (χ0) is 44.6. The predicted octanol–water partition coefficient (Wildman–Crippen LogP) is 16.8. The summed E-state index contributed by atoms with van der Waals surface area (Å²) in [6.45, 7) is 21.2. The van der Waals surface area contributed by atoms with Gasteiger partial charge in [0.15, 0.2) is 0 Å². The predicted molar refractivity (Wildman–Crippen MR) is 280 cm³/mol. The lowest BCUT2D eigenvalue weighted by molar-refractivity contribution is 0.595. The summed E-state index contributed by atoms with van der Waals surface area (Å²) in [6, 6.07) is 43.2. The Balaban J connectivity index is 1.40. The highest BCUT2D eigenvalue weighted by molar-refractivity contribution is 7.00. The molecule has 0 radical (unpaired) electrons. The minimum absolute atomic E-state index is 0.0390. The number of benzene rings is 6. The molecule has 0 fully saturated rings. The maximum atomic E-state index is 6.74. The monoisotopic (exact) mass is 847 g/mol. The molecule has 0 N–H and O–H groups in total. The fourth-order valence-corrected chi connectivity index (χ4v) is 11.7. The van der Waals surface area contributed by atoms with E-state index < -0.39 is 0 Å². The van der Waals surface area contributed by atoms with Crippen LogP contribution in [0, 0.1) is 6.92 Å². The topological polar surface area (TPSA) is 19.6 Å². The minimum atomic E-state index is 0.0390. The number of nitrogens with zero attached hydrogens (tertiary/aromatic N) is 2. The number of hydrogen-bond acceptors (Lipinski definition) is 3. The molecule has 3 nitrogen and oxygen atoms in total. The van der Waals surface area contributed by atoms with E-state index >= 15 is 0 Å². The number of furan rings is 1. The molecule has 0 saturated carbocycles. The van der Waals surface area contributed by atoms with Crippen molar-refractivity contribution >= 4 is 79.2 Å². The fraction of sp³-hybridized carbons (Fsp3) is 0.400. The average Bonchev–Trinajstić information content (AvgIpc) is 3.70. The molecule has 7 aromatic rings. The zero-order valence-corrected chi connectivity index (χ0v) is 40.4. The van der Waals surface area contributed by atoms with Crippen LogP contribution in [0.15, 0.2) is 114 Å². The van der Waals surface area contributed by atoms with E-state index in [1.54, 1.807) is 0 Å². The molecule has 64 heavy (non-hydrogen) atoms. The Morgan fingerprint density at radius 2 is 1.16 bits per heavy atom. The third-order valence-electron chi connectivity index (χ3n) is 15.2. The minimum Gasteiger partial charge on any atom is -0.456 e. The van der Waals surface area contributed by atoms with Crippen molar-refractivity contribution in [2.24, 2.45) is 0 Å². The van der Waals surface area contributed by atoms with Gasteiger partial charge in [-0.3, -0.25) is 0 Å². The van der Waals surface area contributed by atoms with Crippen molar-refractivity contribution in [1.82, 2.24) is 0 Å². The van der Waals surface area contributed by atoms with E-state index in [0.29, 0.717) is 23.7 Å². The van der Waals surface area contributed by atoms with Crippen LogP contribution in [0.5, 0.6) is 0 Å². The van der Waals surface area contributed by atoms with Crippen LogP contribution in [0.4, 0.5) is 34.1 Å². The first kappa shape index (κ1) is 44.0. The third-order valence-corrected chi connectivity index (χ3v) is 15.2. The number of hydrogen-bond donors (Lipinski definition) is 0. The van der Waals surface area contributed by atoms with Gasteiger partial charge in [-0.05, 0) is 168 Å². The van der Waals surface area contributed by atoms with E-state index in [-0.39, 0.29) is 6.71 Å². The molecule has 0 spiro atoms. The van der Waals surface area contributed by atoms with Crippen LogP contribution < -0.4 is 26.2 Å². The van der Waals surface area contributed by atoms with Gasteiger partial charge < -0.3 is 14.2 Å². The lowest BCUT2D eigenvalue weighted by Crippen LogP contribution is -2.61. The van der Waals surface area contributed by atoms with Crippen LogP contribution in [0.3, 0.4) is 0 Å². The number of para-hydroxylation sites is 1. The Morgan fingerprint density at radius 1 is 0.516 bits per heavy atom. The molecule has 0 saturated heterocycles. The second-order valence-corrected chi connectivity index (χ2v) is 19.6. The number of rotatable bonds is 17. The van der Waals surface area contributed by atoms with Gasteiger partial charge >= 0.3 is 0 Å². The summed E-state index contributed by atoms with van der Waals surface area (Å²) in [7, 11) is 0. The van der Waals surface area contributed by atoms with Gasteiger partial charge in [-0.2, -0.15) is 0 Å². The van der Waals surface area contributed by atoms with Crippen LogP contribution in [0.2, 0.25) is 0 Å². The first-order chi connectivity index (χ1) is 31.2. The molecule has 9 rings (SSSR count). The Morgan fingerprint density at radius 3 is 1.86 bits per heavy atom. The molecule has 6 aromatic carbocycles. The first-order valence-electron chi connectivity index (χ1n) is 25.3. The molecule has 0 aliphatic carbocycles. The Hall–Kier alpha value is -5.22. The smallest absolute Gasteiger partial charge is 0.252 e. The second-order valence-electron chi connectivity index (χ2n) is 19.6. The standard InChI is InChI=1S/C60H71BN2O/c1-10-16-22-41(9)46-37-54-59-55(38-46)63(48-28-25-44(26-29-48)42(14-5)20-12-3)60-52(31-32-57-58(60)50-23-17-18-24-56(50)64-57)61(59)51-30-27-45(40(8)19-11-2)36-53(51)62(54)49-34-39(7)33-47(35-49)43(15-6)21-13-4/h17-18,23-38,40-43H,10-16,19-22H2,1-9H3. The molecule has 3 heterocycles. The number of fused-ring (bicyclic) bond motifs is 8. The van der Waals surface area contributed by atoms with E-state index in [1.165, 1.54) is 140 Å². The van der Waals surface area contributed by atoms with E-state index in [4.69, 9.17) is 4.42 Å². The average molecular weight is 847 g/mol. The lowest BCUT2D eigenvalue weighted by atomic mass is 9.33. The second kappa shape index (κ2) is 18.7. The highest BCUT2D eigenvalue weighted by atomic mass is 16.3. The van der Waals surface area contributed by atoms with Gasteiger partial charge in [0, 0.05) is 33.8 Å². The SMILES string of the molecule is CCCCC(C)c1cc2c3c(c1)N(c1ccc(C(CC)CCC)cc1)c1c(ccc4oc5ccccc5c14)B3c1ccc(C(C)CCC)cc1N2c1cc(C)cc(C(CC)CCC)c1. The highest BCUT2D eigenvalue weighted by Crippen LogP contribution is 2.50. The molecule has 4 heteroatoms. The molecule has 4 atom stereocenters. The normalized spacial score (nSPS) is 15.0. The van der Waals surface area contributed by atoms with E-state index in [2.05, 4.69) is 181 Å². The Bertz CT molecular complexity index is 2760. The molecule has 330 valence electrons. The summed E-state index contributed by atoms with van der Waals surface area (Å²) >= 11 is 0. The molecule has 1 aromatic heterocycles. The molecular formula is C60H71BN2O. The van der Waals surface area contributed by atoms with Crippen LogP contribution in [-0.4, -0.2) is 6.71 Å². The van der Waals surface area contributed by atoms with Gasteiger partial charge in [-0.15, -0.1) is 0 Å². The largest absolute Gasteiger partial charge is 0.456 e. The number of anilines is 6. The van der Waals surface area contributed by atoms with Gasteiger partial charge in [0.1, 0.15) is 11.2 Å². The summed E-state index contributed by atoms with van der Waals surface area (Å²) in [4.78, 5) is 5.35. The quantitative estimate of drug-likeness (QED) is 0.0851. The summed E-state index contributed by atoms with van der Waals surface area (Å²) < 4.78 is 6.74. The summed E-state index contributed by atoms with van der Waals surface area (Å²) in [6.07, 6.45) is 13.0. The van der Waals surface area contributed by atoms with Crippen LogP contribution in [-0.2, 0) is 0 Å². The maximum Gasteiger partial charge on any atom is 0.252 e. The molecular weight excluding hydrogens is 775 g/mol. The van der Waals surface area contributed by atoms with E-state index in [9.17, 15) is 0 Å². The summed E-state index contributed by atoms with van der Waals surface area (Å²) in [5, 5.41) is 2.38. The van der Waals surface area contributed by atoms with Crippen molar-refractivity contribution in [2.45, 2.75) is 157 Å². The molecule has 2 aliphatic heterocycles. The van der Waals surface area contributed by atoms with Crippen molar-refractivity contribution in [1.29, 1.82) is 0 Å². The molecule has 0 bridgehead atoms. The van der Waals surface area contributed by atoms with E-state index in [0.717, 1.165) is 30.4 Å². The van der Waals surface area contributed by atoms with Crippen molar-refractivity contribution < 1.29 is 4.42 Å². The van der Waals surface area contributed by atoms with Crippen LogP contribution in [0.1, 0.15) is 178 Å². The van der Waals surface area contributed by atoms with Gasteiger partial charge in [0.25, 0.3) is 6.71 Å². The van der Waals surface area contributed by atoms with Gasteiger partial charge in [0.2, 0.25) is 0 Å². The Kier molecular flexibility index (Phi) is 12.9. The summed E-state index contributed by atoms with van der Waals surface area (Å²) in [5.41, 5.74) is 20.8. The highest BCUT2D eigenvalue weighted by Gasteiger charge is 2.45. The van der Waals surface area contributed by atoms with Crippen molar-refractivity contribution in [3.8, 4) is 0 Å². The Labute approximate surface area is 385 Å². The first-order valence-corrected chi connectivity index (χ1v) is 25.3. The van der Waals surface area contributed by atoms with E-state index in [1.807, 2.05) is 0 Å². The van der Waals surface area contributed by atoms with Crippen molar-refractivity contribution in [3.05, 3.63) is 137 Å². The molecule has 0 amide bonds. The maximum absolute atomic E-state index is 6.74. The lowest BCUT2D eigenvalue weighted by Gasteiger charge is -2.45. The van der Waals surface area contributed by atoms with Gasteiger partial charge in [-0.1, -0.05) is 142 Å². The number of aryl methyl sites for hydroxylation is 1. The van der Waals surface area contributed by atoms with Crippen LogP contribution in [0.25, 0.3) is 21.9 Å². The molecule has 4 unspecified atom stereocenters. The zero-order valence-electron chi connectivity index (χ0n) is 40.4. The van der Waals surface area contributed by atoms with Crippen molar-refractivity contribution in [2.75, 3.05) is 9.80 Å². The number of unbranched alkanes of at least 4 members (excludes halogenated alkanes) is 1. The summed E-state index contributed by atoms with van der Waals surface area (Å²) in [5.74, 6) is 1.97. The van der Waals surface area contributed by atoms with Crippen molar-refractivity contribution in [3.63, 3.8) is 0 Å². The van der Waals surface area contributed by atoms with Gasteiger partial charge in [-0.25, -0.2) is 0 Å². The molecule has 2 aliphatic rings.